The Kier molecular flexibility index (Phi) is 21.8. The third-order valence-corrected chi connectivity index (χ3v) is 21.8. The molecule has 8 aliphatic rings. The minimum Gasteiger partial charge on any atom is -0.481 e. The lowest BCUT2D eigenvalue weighted by atomic mass is 9.43. The minimum absolute atomic E-state index is 0.0395. The molecule has 464 valence electrons. The first-order chi connectivity index (χ1) is 38.4. The first-order valence-corrected chi connectivity index (χ1v) is 31.0. The van der Waals surface area contributed by atoms with Crippen molar-refractivity contribution < 1.29 is 88.5 Å². The van der Waals surface area contributed by atoms with E-state index < -0.39 is 122 Å². The zero-order valence-electron chi connectivity index (χ0n) is 49.4. The summed E-state index contributed by atoms with van der Waals surface area (Å²) in [5, 5.41) is 94.4. The van der Waals surface area contributed by atoms with E-state index in [1.54, 1.807) is 21.0 Å². The Morgan fingerprint density at radius 3 is 2.21 bits per heavy atom. The van der Waals surface area contributed by atoms with Gasteiger partial charge in [0.05, 0.1) is 49.8 Å². The van der Waals surface area contributed by atoms with Crippen LogP contribution in [0.4, 0.5) is 0 Å². The van der Waals surface area contributed by atoms with E-state index in [9.17, 15) is 60.0 Å². The van der Waals surface area contributed by atoms with Crippen LogP contribution in [0, 0.1) is 64.1 Å². The predicted molar refractivity (Wildman–Crippen MR) is 293 cm³/mol. The van der Waals surface area contributed by atoms with Crippen molar-refractivity contribution >= 4 is 23.7 Å². The van der Waals surface area contributed by atoms with Crippen LogP contribution in [0.25, 0.3) is 0 Å². The van der Waals surface area contributed by atoms with Crippen molar-refractivity contribution in [3.8, 4) is 0 Å². The van der Waals surface area contributed by atoms with Gasteiger partial charge in [-0.05, 0) is 136 Å². The second-order valence-corrected chi connectivity index (χ2v) is 26.9. The molecule has 6 unspecified atom stereocenters. The summed E-state index contributed by atoms with van der Waals surface area (Å²) in [6.45, 7) is 11.2. The van der Waals surface area contributed by atoms with Gasteiger partial charge in [0.25, 0.3) is 5.91 Å². The van der Waals surface area contributed by atoms with E-state index >= 15 is 0 Å². The molecule has 0 spiro atoms. The predicted octanol–water partition coefficient (Wildman–Crippen LogP) is 3.02. The first-order valence-electron chi connectivity index (χ1n) is 31.0. The van der Waals surface area contributed by atoms with Gasteiger partial charge in [0.1, 0.15) is 48.8 Å². The number of rotatable bonds is 21. The van der Waals surface area contributed by atoms with Gasteiger partial charge in [-0.25, -0.2) is 0 Å². The molecule has 2 saturated heterocycles. The number of amides is 3. The number of ether oxygens (including phenoxy) is 6. The van der Waals surface area contributed by atoms with Gasteiger partial charge in [-0.15, -0.1) is 0 Å². The largest absolute Gasteiger partial charge is 0.481 e. The van der Waals surface area contributed by atoms with E-state index in [0.717, 1.165) is 64.2 Å². The molecular formula is C60H101N3O18. The molecule has 6 saturated carbocycles. The SMILES string of the molecule is CC[C@@H]1CC(C(=O)NCCO[C@@H]2CC[C@@]3(C)[C@@H](C2)C[C@@H](O)[C@@H]2[C@@H]3C[C@H](O)[C@]3(C)[C@@H]([C@H](C)CCC(=O)O)CC[C@@H]23)C[C@@H](O[C@@H]2O[C@@H](CO)[C@H](O)C(O[C@@H](CC3CCCCC3)C(=O)N(C)C)C2NC(C)=O)C1OC1O[C@@H](C)C(O)[C@H](O)[C@@H]1O. The van der Waals surface area contributed by atoms with Crippen molar-refractivity contribution in [3.05, 3.63) is 0 Å². The van der Waals surface area contributed by atoms with Crippen LogP contribution in [-0.2, 0) is 47.6 Å². The van der Waals surface area contributed by atoms with Crippen molar-refractivity contribution in [2.75, 3.05) is 33.9 Å². The molecule has 0 radical (unpaired) electrons. The summed E-state index contributed by atoms with van der Waals surface area (Å²) in [6.07, 6.45) is -4.22. The number of likely N-dealkylation sites (N-methyl/N-ethyl adjacent to an activating group) is 1. The highest BCUT2D eigenvalue weighted by Crippen LogP contribution is 2.68. The number of nitrogens with zero attached hydrogens (tertiary/aromatic N) is 1. The van der Waals surface area contributed by atoms with Crippen molar-refractivity contribution in [3.63, 3.8) is 0 Å². The van der Waals surface area contributed by atoms with Gasteiger partial charge in [0.15, 0.2) is 12.6 Å². The molecule has 81 heavy (non-hydrogen) atoms. The van der Waals surface area contributed by atoms with E-state index in [-0.39, 0.29) is 96.2 Å². The van der Waals surface area contributed by atoms with Crippen molar-refractivity contribution in [2.45, 2.75) is 255 Å². The average Bonchev–Trinajstić information content (AvgIpc) is 4.07. The van der Waals surface area contributed by atoms with Gasteiger partial charge < -0.3 is 84.8 Å². The molecule has 0 bridgehead atoms. The number of carboxylic acids is 1. The van der Waals surface area contributed by atoms with Crippen molar-refractivity contribution in [2.24, 2.45) is 64.1 Å². The van der Waals surface area contributed by atoms with Gasteiger partial charge >= 0.3 is 5.97 Å². The second-order valence-electron chi connectivity index (χ2n) is 26.9. The summed E-state index contributed by atoms with van der Waals surface area (Å²) in [6, 6.07) is -1.24. The minimum atomic E-state index is -1.65. The lowest BCUT2D eigenvalue weighted by Gasteiger charge is -2.63. The number of nitrogens with one attached hydrogen (secondary N) is 2. The Hall–Kier alpha value is -2.64. The van der Waals surface area contributed by atoms with Crippen LogP contribution in [-0.4, -0.2) is 201 Å². The Bertz CT molecular complexity index is 2100. The van der Waals surface area contributed by atoms with Crippen LogP contribution < -0.4 is 10.6 Å². The molecule has 8 rings (SSSR count). The molecule has 2 heterocycles. The van der Waals surface area contributed by atoms with E-state index in [4.69, 9.17) is 28.4 Å². The molecule has 0 aromatic rings. The number of aliphatic hydroxyl groups is 7. The summed E-state index contributed by atoms with van der Waals surface area (Å²) in [5.41, 5.74) is -0.472. The third kappa shape index (κ3) is 13.8. The lowest BCUT2D eigenvalue weighted by molar-refractivity contribution is -0.338. The summed E-state index contributed by atoms with van der Waals surface area (Å²) in [4.78, 5) is 54.2. The smallest absolute Gasteiger partial charge is 0.303 e. The normalized spacial score (nSPS) is 44.4. The van der Waals surface area contributed by atoms with Crippen LogP contribution in [0.1, 0.15) is 157 Å². The average molecular weight is 1150 g/mol. The van der Waals surface area contributed by atoms with E-state index in [2.05, 4.69) is 31.4 Å². The fraction of sp³-hybridized carbons (Fsp3) is 0.933. The van der Waals surface area contributed by atoms with E-state index in [1.165, 1.54) is 11.8 Å². The summed E-state index contributed by atoms with van der Waals surface area (Å²) < 4.78 is 38.8. The molecule has 21 heteroatoms. The van der Waals surface area contributed by atoms with Gasteiger partial charge in [0.2, 0.25) is 11.8 Å². The first kappa shape index (κ1) is 64.4. The fourth-order valence-corrected chi connectivity index (χ4v) is 17.2. The number of aliphatic carboxylic acids is 1. The Morgan fingerprint density at radius 2 is 1.54 bits per heavy atom. The summed E-state index contributed by atoms with van der Waals surface area (Å²) in [5.74, 6) is -1.88. The van der Waals surface area contributed by atoms with Crippen LogP contribution >= 0.6 is 0 Å². The van der Waals surface area contributed by atoms with Crippen LogP contribution in [0.2, 0.25) is 0 Å². The number of aliphatic hydroxyl groups excluding tert-OH is 7. The molecule has 10 N–H and O–H groups in total. The highest BCUT2D eigenvalue weighted by Gasteiger charge is 2.66. The van der Waals surface area contributed by atoms with Crippen molar-refractivity contribution in [1.82, 2.24) is 15.5 Å². The molecule has 2 aliphatic heterocycles. The van der Waals surface area contributed by atoms with Crippen LogP contribution in [0.3, 0.4) is 0 Å². The summed E-state index contributed by atoms with van der Waals surface area (Å²) in [7, 11) is 3.24. The van der Waals surface area contributed by atoms with Crippen LogP contribution in [0.15, 0.2) is 0 Å². The molecule has 0 aromatic carbocycles. The number of carbonyl (C=O) groups excluding carboxylic acids is 3. The van der Waals surface area contributed by atoms with Gasteiger partial charge in [-0.2, -0.15) is 0 Å². The monoisotopic (exact) mass is 1150 g/mol. The maximum atomic E-state index is 14.4. The Balaban J connectivity index is 0.943. The quantitative estimate of drug-likeness (QED) is 0.0739. The van der Waals surface area contributed by atoms with Gasteiger partial charge in [0, 0.05) is 39.9 Å². The standard InChI is InChI=1S/C60H101N3O18/c1-9-34-24-35(55(74)61-21-22-76-37-19-20-59(5)36(26-37)27-41(66)47-39-17-16-38(30(2)15-18-46(68)69)60(39,6)45(67)28-40(47)59)25-42(53(34)81-58-52(73)51(72)49(70)31(3)77-58)79-57-48(62-32(4)65)54(50(71)44(29-64)80-57)78-43(56(75)63(7)8)23-33-13-11-10-12-14-33/h30-31,33-45,47-54,57-58,64,66-67,70-73H,9-29H2,1-8H3,(H,61,74)(H,62,65)(H,68,69)/t30-,31+,34-,35?,36+,37-,38-,39+,40+,41-,42-,43+,44+,45+,47+,48?,49?,50+,51+,52+,53?,54?,57-,58?,59+,60-/m1/s1. The Labute approximate surface area is 479 Å². The number of hydrogen-bond acceptors (Lipinski definition) is 17. The third-order valence-electron chi connectivity index (χ3n) is 21.8. The van der Waals surface area contributed by atoms with Crippen molar-refractivity contribution in [1.29, 1.82) is 0 Å². The molecule has 21 nitrogen and oxygen atoms in total. The number of hydrogen-bond donors (Lipinski definition) is 10. The maximum absolute atomic E-state index is 14.4. The molecule has 0 aromatic heterocycles. The van der Waals surface area contributed by atoms with Gasteiger partial charge in [-0.3, -0.25) is 19.2 Å². The second kappa shape index (κ2) is 27.4. The number of carbonyl (C=O) groups is 4. The molecule has 8 fully saturated rings. The Morgan fingerprint density at radius 1 is 0.815 bits per heavy atom. The highest BCUT2D eigenvalue weighted by atomic mass is 16.7. The fourth-order valence-electron chi connectivity index (χ4n) is 17.2. The van der Waals surface area contributed by atoms with Crippen LogP contribution in [0.5, 0.6) is 0 Å². The molecule has 6 aliphatic carbocycles. The topological polar surface area (TPSA) is 313 Å². The molecule has 26 atom stereocenters. The number of carboxylic acid groups (broad SMARTS) is 1. The van der Waals surface area contributed by atoms with E-state index in [1.807, 2.05) is 6.92 Å². The molecule has 3 amide bonds. The van der Waals surface area contributed by atoms with Gasteiger partial charge in [-0.1, -0.05) is 66.2 Å². The molecular weight excluding hydrogens is 1050 g/mol. The zero-order valence-corrected chi connectivity index (χ0v) is 49.4. The highest BCUT2D eigenvalue weighted by molar-refractivity contribution is 5.80. The van der Waals surface area contributed by atoms with E-state index in [0.29, 0.717) is 38.5 Å². The maximum Gasteiger partial charge on any atom is 0.303 e. The zero-order chi connectivity index (χ0) is 58.8. The lowest BCUT2D eigenvalue weighted by Crippen LogP contribution is -2.67. The number of fused-ring (bicyclic) bond motifs is 5. The summed E-state index contributed by atoms with van der Waals surface area (Å²) >= 11 is 0.